The zero-order chi connectivity index (χ0) is 35.6. The lowest BCUT2D eigenvalue weighted by Gasteiger charge is -2.26. The second kappa shape index (κ2) is 12.8. The van der Waals surface area contributed by atoms with E-state index in [9.17, 15) is 10.2 Å². The van der Waals surface area contributed by atoms with Gasteiger partial charge in [-0.25, -0.2) is 9.97 Å². The van der Waals surface area contributed by atoms with Gasteiger partial charge >= 0.3 is 0 Å². The number of hydrogen-bond donors (Lipinski definition) is 2. The molecule has 2 fully saturated rings. The van der Waals surface area contributed by atoms with Crippen LogP contribution >= 0.6 is 0 Å². The van der Waals surface area contributed by atoms with Gasteiger partial charge in [-0.2, -0.15) is 0 Å². The largest absolute Gasteiger partial charge is 0.388 e. The van der Waals surface area contributed by atoms with Crippen molar-refractivity contribution in [3.8, 4) is 22.3 Å². The van der Waals surface area contributed by atoms with Crippen LogP contribution in [0.15, 0.2) is 33.3 Å². The summed E-state index contributed by atoms with van der Waals surface area (Å²) in [4.78, 5) is 9.85. The highest BCUT2D eigenvalue weighted by molar-refractivity contribution is 5.88. The number of nitrogens with zero attached hydrogens (tertiary/aromatic N) is 6. The summed E-state index contributed by atoms with van der Waals surface area (Å²) in [6, 6.07) is 8.42. The Hall–Kier alpha value is -4.28. The fourth-order valence-electron chi connectivity index (χ4n) is 7.66. The fraction of sp³-hybridized carbons (Fsp3) is 0.500. The van der Waals surface area contributed by atoms with Gasteiger partial charge in [-0.05, 0) is 108 Å². The van der Waals surface area contributed by atoms with Gasteiger partial charge in [0.05, 0.1) is 45.2 Å². The standard InChI is InChI=1S/C21H27N3O2.C19H23N3O2/c1-6-21(25,7-2)16-10-15(18-12(3)23-26-13(18)4)11-17-19(16)22-20(24(17)5)14-8-9-14;1-5-16(23)14-8-13(17-10(2)21-24-11(17)3)9-15-18(14)22(4)19(20-15)12-6-7-12/h10-11,14,25H,6-9H2,1-5H3;8-9,12,16,23H,5-7H2,1-4H3. The van der Waals surface area contributed by atoms with E-state index in [1.165, 1.54) is 25.7 Å². The molecule has 50 heavy (non-hydrogen) atoms. The molecule has 0 spiro atoms. The molecular formula is C40H50N6O4. The minimum atomic E-state index is -0.886. The highest BCUT2D eigenvalue weighted by Crippen LogP contribution is 2.45. The minimum Gasteiger partial charge on any atom is -0.388 e. The summed E-state index contributed by atoms with van der Waals surface area (Å²) in [6.07, 6.45) is 6.29. The van der Waals surface area contributed by atoms with Crippen LogP contribution in [0.1, 0.15) is 129 Å². The Morgan fingerprint density at radius 1 is 0.780 bits per heavy atom. The first-order chi connectivity index (χ1) is 23.9. The van der Waals surface area contributed by atoms with E-state index in [1.807, 2.05) is 48.5 Å². The molecule has 1 atom stereocenters. The predicted molar refractivity (Wildman–Crippen MR) is 195 cm³/mol. The summed E-state index contributed by atoms with van der Waals surface area (Å²) in [7, 11) is 4.14. The van der Waals surface area contributed by atoms with Crippen LogP contribution < -0.4 is 0 Å². The van der Waals surface area contributed by atoms with Crippen LogP contribution in [0.5, 0.6) is 0 Å². The van der Waals surface area contributed by atoms with Crippen LogP contribution in [0.3, 0.4) is 0 Å². The van der Waals surface area contributed by atoms with E-state index in [-0.39, 0.29) is 0 Å². The lowest BCUT2D eigenvalue weighted by atomic mass is 9.85. The number of aliphatic hydroxyl groups is 2. The first kappa shape index (κ1) is 34.2. The van der Waals surface area contributed by atoms with Crippen molar-refractivity contribution in [2.45, 2.75) is 117 Å². The first-order valence-electron chi connectivity index (χ1n) is 18.2. The van der Waals surface area contributed by atoms with Crippen molar-refractivity contribution in [1.82, 2.24) is 29.4 Å². The molecule has 8 rings (SSSR count). The third-order valence-electron chi connectivity index (χ3n) is 11.0. The van der Waals surface area contributed by atoms with Gasteiger partial charge in [-0.3, -0.25) is 0 Å². The molecule has 0 bridgehead atoms. The summed E-state index contributed by atoms with van der Waals surface area (Å²) in [6.45, 7) is 13.8. The van der Waals surface area contributed by atoms with Crippen molar-refractivity contribution in [3.05, 3.63) is 69.9 Å². The average Bonchev–Trinajstić information content (AvgIpc) is 4.03. The zero-order valence-corrected chi connectivity index (χ0v) is 30.9. The van der Waals surface area contributed by atoms with Crippen LogP contribution in [-0.4, -0.2) is 39.6 Å². The summed E-state index contributed by atoms with van der Waals surface area (Å²) in [5.41, 5.74) is 10.7. The Bertz CT molecular complexity index is 2170. The normalized spacial score (nSPS) is 15.6. The van der Waals surface area contributed by atoms with Gasteiger partial charge in [-0.15, -0.1) is 0 Å². The number of benzene rings is 2. The SMILES string of the molecule is CCC(O)(CC)c1cc(-c2c(C)noc2C)cc2c1nc(C1CC1)n2C.CCC(O)c1cc(-c2c(C)noc2C)cc2nc(C3CC3)n(C)c12. The van der Waals surface area contributed by atoms with Crippen molar-refractivity contribution in [2.75, 3.05) is 0 Å². The molecule has 2 aromatic carbocycles. The van der Waals surface area contributed by atoms with Crippen LogP contribution in [0.25, 0.3) is 44.3 Å². The number of rotatable bonds is 9. The minimum absolute atomic E-state index is 0.504. The lowest BCUT2D eigenvalue weighted by molar-refractivity contribution is 0.0297. The summed E-state index contributed by atoms with van der Waals surface area (Å²) >= 11 is 0. The van der Waals surface area contributed by atoms with Crippen molar-refractivity contribution in [1.29, 1.82) is 0 Å². The Labute approximate surface area is 293 Å². The quantitative estimate of drug-likeness (QED) is 0.155. The van der Waals surface area contributed by atoms with Gasteiger partial charge in [0, 0.05) is 48.2 Å². The van der Waals surface area contributed by atoms with Gasteiger partial charge in [-0.1, -0.05) is 31.1 Å². The topological polar surface area (TPSA) is 128 Å². The second-order valence-electron chi connectivity index (χ2n) is 14.5. The number of aromatic nitrogens is 6. The monoisotopic (exact) mass is 678 g/mol. The van der Waals surface area contributed by atoms with E-state index in [4.69, 9.17) is 19.0 Å². The number of fused-ring (bicyclic) bond motifs is 2. The van der Waals surface area contributed by atoms with Crippen molar-refractivity contribution in [3.63, 3.8) is 0 Å². The van der Waals surface area contributed by atoms with Crippen LogP contribution in [0, 0.1) is 27.7 Å². The maximum atomic E-state index is 11.3. The number of aryl methyl sites for hydroxylation is 6. The summed E-state index contributed by atoms with van der Waals surface area (Å²) in [5, 5.41) is 30.1. The van der Waals surface area contributed by atoms with Crippen LogP contribution in [-0.2, 0) is 19.7 Å². The van der Waals surface area contributed by atoms with Crippen LogP contribution in [0.4, 0.5) is 0 Å². The number of imidazole rings is 2. The molecule has 0 aliphatic heterocycles. The van der Waals surface area contributed by atoms with Crippen molar-refractivity contribution in [2.24, 2.45) is 14.1 Å². The van der Waals surface area contributed by atoms with E-state index in [0.29, 0.717) is 31.1 Å². The highest BCUT2D eigenvalue weighted by atomic mass is 16.5. The summed E-state index contributed by atoms with van der Waals surface area (Å²) < 4.78 is 15.1. The maximum Gasteiger partial charge on any atom is 0.141 e. The zero-order valence-electron chi connectivity index (χ0n) is 30.9. The van der Waals surface area contributed by atoms with E-state index < -0.39 is 11.7 Å². The molecular weight excluding hydrogens is 628 g/mol. The molecule has 0 radical (unpaired) electrons. The van der Waals surface area contributed by atoms with E-state index in [0.717, 1.165) is 90.0 Å². The van der Waals surface area contributed by atoms with Crippen LogP contribution in [0.2, 0.25) is 0 Å². The van der Waals surface area contributed by atoms with Crippen molar-refractivity contribution < 1.29 is 19.3 Å². The summed E-state index contributed by atoms with van der Waals surface area (Å²) in [5.74, 6) is 4.98. The van der Waals surface area contributed by atoms with E-state index >= 15 is 0 Å². The molecule has 264 valence electrons. The Morgan fingerprint density at radius 2 is 1.32 bits per heavy atom. The molecule has 2 aliphatic rings. The molecule has 2 saturated carbocycles. The molecule has 0 amide bonds. The molecule has 10 nitrogen and oxygen atoms in total. The lowest BCUT2D eigenvalue weighted by Crippen LogP contribution is -2.24. The predicted octanol–water partition coefficient (Wildman–Crippen LogP) is 8.90. The Kier molecular flexibility index (Phi) is 8.75. The first-order valence-corrected chi connectivity index (χ1v) is 18.2. The van der Waals surface area contributed by atoms with Gasteiger partial charge < -0.3 is 28.4 Å². The fourth-order valence-corrected chi connectivity index (χ4v) is 7.66. The molecule has 2 aliphatic carbocycles. The molecule has 2 N–H and O–H groups in total. The molecule has 4 aromatic heterocycles. The molecule has 10 heteroatoms. The number of aliphatic hydroxyl groups excluding tert-OH is 1. The molecule has 6 aromatic rings. The third-order valence-corrected chi connectivity index (χ3v) is 11.0. The van der Waals surface area contributed by atoms with Crippen molar-refractivity contribution >= 4 is 22.1 Å². The highest BCUT2D eigenvalue weighted by Gasteiger charge is 2.34. The Balaban J connectivity index is 0.000000157. The molecule has 0 saturated heterocycles. The molecule has 4 heterocycles. The van der Waals surface area contributed by atoms with E-state index in [1.54, 1.807) is 0 Å². The molecule has 1 unspecified atom stereocenters. The van der Waals surface area contributed by atoms with E-state index in [2.05, 4.69) is 57.8 Å². The van der Waals surface area contributed by atoms with Gasteiger partial charge in [0.2, 0.25) is 0 Å². The second-order valence-corrected chi connectivity index (χ2v) is 14.5. The average molecular weight is 679 g/mol. The number of hydrogen-bond acceptors (Lipinski definition) is 8. The third kappa shape index (κ3) is 5.76. The maximum absolute atomic E-state index is 11.3. The Morgan fingerprint density at radius 3 is 1.80 bits per heavy atom. The smallest absolute Gasteiger partial charge is 0.141 e. The van der Waals surface area contributed by atoms with Gasteiger partial charge in [0.15, 0.2) is 0 Å². The van der Waals surface area contributed by atoms with Gasteiger partial charge in [0.25, 0.3) is 0 Å². The van der Waals surface area contributed by atoms with Gasteiger partial charge in [0.1, 0.15) is 23.2 Å².